The van der Waals surface area contributed by atoms with Gasteiger partial charge >= 0.3 is 0 Å². The van der Waals surface area contributed by atoms with Crippen molar-refractivity contribution in [1.82, 2.24) is 10.2 Å². The standard InChI is InChI=1S/C26H36N2O2/c1-3-10-23(11-4-1)20-29-22-26(30-21-24-12-5-2-6-13-24)15-7-8-17-28(26)19-25-14-9-16-27-18-25/h1-6,10-13,25,27H,7-9,14-22H2/t25-,26?/m1/s1. The largest absolute Gasteiger partial charge is 0.372 e. The Kier molecular flexibility index (Phi) is 7.93. The van der Waals surface area contributed by atoms with Gasteiger partial charge in [0.2, 0.25) is 0 Å². The lowest BCUT2D eigenvalue weighted by Gasteiger charge is -2.48. The van der Waals surface area contributed by atoms with Crippen molar-refractivity contribution in [2.24, 2.45) is 5.92 Å². The molecule has 30 heavy (non-hydrogen) atoms. The average Bonchev–Trinajstić information content (AvgIpc) is 2.81. The lowest BCUT2D eigenvalue weighted by Crippen LogP contribution is -2.58. The predicted octanol–water partition coefficient (Wildman–Crippen LogP) is 4.60. The van der Waals surface area contributed by atoms with Crippen molar-refractivity contribution >= 4 is 0 Å². The second-order valence-corrected chi connectivity index (χ2v) is 8.81. The van der Waals surface area contributed by atoms with E-state index in [9.17, 15) is 0 Å². The van der Waals surface area contributed by atoms with Gasteiger partial charge in [0.15, 0.2) is 0 Å². The Balaban J connectivity index is 1.45. The number of likely N-dealkylation sites (tertiary alicyclic amines) is 1. The molecule has 0 radical (unpaired) electrons. The first-order valence-corrected chi connectivity index (χ1v) is 11.6. The molecule has 1 N–H and O–H groups in total. The summed E-state index contributed by atoms with van der Waals surface area (Å²) in [5.41, 5.74) is 2.11. The first kappa shape index (κ1) is 21.5. The van der Waals surface area contributed by atoms with Gasteiger partial charge in [-0.15, -0.1) is 0 Å². The first-order valence-electron chi connectivity index (χ1n) is 11.6. The van der Waals surface area contributed by atoms with E-state index < -0.39 is 0 Å². The highest BCUT2D eigenvalue weighted by atomic mass is 16.6. The summed E-state index contributed by atoms with van der Waals surface area (Å²) in [5.74, 6) is 0.700. The smallest absolute Gasteiger partial charge is 0.145 e. The van der Waals surface area contributed by atoms with E-state index in [1.807, 2.05) is 0 Å². The Bertz CT molecular complexity index is 733. The van der Waals surface area contributed by atoms with Crippen LogP contribution in [0.4, 0.5) is 0 Å². The maximum absolute atomic E-state index is 6.73. The summed E-state index contributed by atoms with van der Waals surface area (Å²) in [7, 11) is 0. The Morgan fingerprint density at radius 1 is 0.900 bits per heavy atom. The molecule has 0 amide bonds. The highest BCUT2D eigenvalue weighted by molar-refractivity contribution is 5.14. The molecule has 0 saturated carbocycles. The van der Waals surface area contributed by atoms with E-state index in [0.717, 1.165) is 32.6 Å². The third kappa shape index (κ3) is 5.92. The van der Waals surface area contributed by atoms with Crippen molar-refractivity contribution < 1.29 is 9.47 Å². The number of hydrogen-bond acceptors (Lipinski definition) is 4. The van der Waals surface area contributed by atoms with Crippen LogP contribution in [0.25, 0.3) is 0 Å². The Morgan fingerprint density at radius 2 is 1.63 bits per heavy atom. The molecule has 2 atom stereocenters. The van der Waals surface area contributed by atoms with Gasteiger partial charge in [-0.25, -0.2) is 0 Å². The zero-order valence-corrected chi connectivity index (χ0v) is 18.1. The number of benzene rings is 2. The normalized spacial score (nSPS) is 25.3. The van der Waals surface area contributed by atoms with Gasteiger partial charge < -0.3 is 14.8 Å². The minimum absolute atomic E-state index is 0.333. The van der Waals surface area contributed by atoms with E-state index in [2.05, 4.69) is 70.9 Å². The van der Waals surface area contributed by atoms with Crippen LogP contribution >= 0.6 is 0 Å². The summed E-state index contributed by atoms with van der Waals surface area (Å²) in [6.07, 6.45) is 6.07. The number of piperidine rings is 2. The van der Waals surface area contributed by atoms with Crippen molar-refractivity contribution in [3.8, 4) is 0 Å². The van der Waals surface area contributed by atoms with Crippen molar-refractivity contribution in [3.63, 3.8) is 0 Å². The number of ether oxygens (including phenoxy) is 2. The van der Waals surface area contributed by atoms with E-state index >= 15 is 0 Å². The van der Waals surface area contributed by atoms with Crippen LogP contribution in [0.2, 0.25) is 0 Å². The van der Waals surface area contributed by atoms with Crippen LogP contribution in [-0.2, 0) is 22.7 Å². The van der Waals surface area contributed by atoms with E-state index in [-0.39, 0.29) is 5.72 Å². The summed E-state index contributed by atoms with van der Waals surface area (Å²) >= 11 is 0. The quantitative estimate of drug-likeness (QED) is 0.657. The van der Waals surface area contributed by atoms with Gasteiger partial charge in [0, 0.05) is 13.1 Å². The molecule has 4 nitrogen and oxygen atoms in total. The maximum atomic E-state index is 6.73. The predicted molar refractivity (Wildman–Crippen MR) is 121 cm³/mol. The minimum Gasteiger partial charge on any atom is -0.372 e. The van der Waals surface area contributed by atoms with Crippen LogP contribution in [0.5, 0.6) is 0 Å². The molecule has 2 saturated heterocycles. The summed E-state index contributed by atoms with van der Waals surface area (Å²) in [6, 6.07) is 21.0. The average molecular weight is 409 g/mol. The Morgan fingerprint density at radius 3 is 2.33 bits per heavy atom. The third-order valence-corrected chi connectivity index (χ3v) is 6.49. The molecule has 2 aliphatic heterocycles. The number of hydrogen-bond donors (Lipinski definition) is 1. The molecule has 0 bridgehead atoms. The van der Waals surface area contributed by atoms with Crippen LogP contribution in [0.3, 0.4) is 0 Å². The zero-order chi connectivity index (χ0) is 20.5. The third-order valence-electron chi connectivity index (χ3n) is 6.49. The van der Waals surface area contributed by atoms with Gasteiger partial charge in [0.05, 0.1) is 19.8 Å². The number of rotatable bonds is 9. The summed E-state index contributed by atoms with van der Waals surface area (Å²) in [6.45, 7) is 6.36. The summed E-state index contributed by atoms with van der Waals surface area (Å²) < 4.78 is 13.0. The SMILES string of the molecule is c1ccc(COCC2(OCc3ccccc3)CCCCN2C[C@@H]2CCCNC2)cc1. The molecule has 2 aliphatic rings. The number of nitrogens with zero attached hydrogens (tertiary/aromatic N) is 1. The molecule has 1 unspecified atom stereocenters. The second-order valence-electron chi connectivity index (χ2n) is 8.81. The zero-order valence-electron chi connectivity index (χ0n) is 18.1. The Labute approximate surface area is 181 Å². The van der Waals surface area contributed by atoms with Gasteiger partial charge in [-0.2, -0.15) is 0 Å². The van der Waals surface area contributed by atoms with Crippen LogP contribution < -0.4 is 5.32 Å². The molecule has 4 heteroatoms. The van der Waals surface area contributed by atoms with Gasteiger partial charge in [-0.05, 0) is 62.2 Å². The molecular weight excluding hydrogens is 372 g/mol. The molecule has 162 valence electrons. The molecule has 4 rings (SSSR count). The fourth-order valence-corrected chi connectivity index (χ4v) is 4.78. The molecule has 0 aromatic heterocycles. The summed E-state index contributed by atoms with van der Waals surface area (Å²) in [4.78, 5) is 2.60. The molecule has 0 aliphatic carbocycles. The molecule has 2 heterocycles. The maximum Gasteiger partial charge on any atom is 0.145 e. The van der Waals surface area contributed by atoms with Crippen LogP contribution in [0.15, 0.2) is 60.7 Å². The van der Waals surface area contributed by atoms with Crippen molar-refractivity contribution in [2.75, 3.05) is 32.8 Å². The van der Waals surface area contributed by atoms with Crippen LogP contribution in [0, 0.1) is 5.92 Å². The van der Waals surface area contributed by atoms with Gasteiger partial charge in [0.25, 0.3) is 0 Å². The fraction of sp³-hybridized carbons (Fsp3) is 0.538. The van der Waals surface area contributed by atoms with E-state index in [1.165, 1.54) is 36.8 Å². The minimum atomic E-state index is -0.333. The molecule has 2 fully saturated rings. The van der Waals surface area contributed by atoms with E-state index in [1.54, 1.807) is 0 Å². The van der Waals surface area contributed by atoms with Gasteiger partial charge in [-0.1, -0.05) is 60.7 Å². The van der Waals surface area contributed by atoms with Crippen LogP contribution in [-0.4, -0.2) is 43.4 Å². The van der Waals surface area contributed by atoms with Gasteiger partial charge in [-0.3, -0.25) is 4.90 Å². The molecular formula is C26H36N2O2. The van der Waals surface area contributed by atoms with Crippen molar-refractivity contribution in [2.45, 2.75) is 51.0 Å². The lowest BCUT2D eigenvalue weighted by atomic mass is 9.93. The molecule has 2 aromatic carbocycles. The topological polar surface area (TPSA) is 33.7 Å². The number of nitrogens with one attached hydrogen (secondary N) is 1. The van der Waals surface area contributed by atoms with Crippen molar-refractivity contribution in [1.29, 1.82) is 0 Å². The first-order chi connectivity index (χ1) is 14.8. The second kappa shape index (κ2) is 11.1. The monoisotopic (exact) mass is 408 g/mol. The van der Waals surface area contributed by atoms with E-state index in [4.69, 9.17) is 9.47 Å². The van der Waals surface area contributed by atoms with Crippen molar-refractivity contribution in [3.05, 3.63) is 71.8 Å². The van der Waals surface area contributed by atoms with Crippen LogP contribution in [0.1, 0.15) is 43.2 Å². The Hall–Kier alpha value is -1.72. The highest BCUT2D eigenvalue weighted by Gasteiger charge is 2.41. The summed E-state index contributed by atoms with van der Waals surface area (Å²) in [5, 5.41) is 3.58. The molecule has 2 aromatic rings. The van der Waals surface area contributed by atoms with Gasteiger partial charge in [0.1, 0.15) is 5.72 Å². The molecule has 0 spiro atoms. The fourth-order valence-electron chi connectivity index (χ4n) is 4.78. The van der Waals surface area contributed by atoms with E-state index in [0.29, 0.717) is 25.7 Å². The highest BCUT2D eigenvalue weighted by Crippen LogP contribution is 2.33. The lowest BCUT2D eigenvalue weighted by molar-refractivity contribution is -0.217.